The highest BCUT2D eigenvalue weighted by Crippen LogP contribution is 2.15. The van der Waals surface area contributed by atoms with Crippen molar-refractivity contribution in [1.82, 2.24) is 19.1 Å². The van der Waals surface area contributed by atoms with Gasteiger partial charge >= 0.3 is 0 Å². The van der Waals surface area contributed by atoms with Crippen molar-refractivity contribution in [3.63, 3.8) is 0 Å². The lowest BCUT2D eigenvalue weighted by molar-refractivity contribution is 0.457. The maximum atomic E-state index is 10.7. The molecule has 4 rings (SSSR count). The number of aryl methyl sites for hydroxylation is 4. The maximum absolute atomic E-state index is 10.7. The lowest BCUT2D eigenvalue weighted by atomic mass is 10.3. The van der Waals surface area contributed by atoms with Gasteiger partial charge in [-0.25, -0.2) is 0 Å². The van der Waals surface area contributed by atoms with E-state index in [-0.39, 0.29) is 22.5 Å². The molecular weight excluding hydrogens is 464 g/mol. The summed E-state index contributed by atoms with van der Waals surface area (Å²) in [6.45, 7) is 7.46. The number of hydrogen-bond donors (Lipinski definition) is 3. The Bertz CT molecular complexity index is 1310. The Morgan fingerprint density at radius 3 is 1.83 bits per heavy atom. The van der Waals surface area contributed by atoms with Crippen LogP contribution in [0.3, 0.4) is 0 Å². The fraction of sp³-hybridized carbons (Fsp3) is 0.231. The second kappa shape index (κ2) is 14.3. The normalized spacial score (nSPS) is 9.43. The van der Waals surface area contributed by atoms with E-state index in [0.717, 1.165) is 11.3 Å². The van der Waals surface area contributed by atoms with Crippen molar-refractivity contribution in [3.8, 4) is 11.5 Å². The molecule has 0 bridgehead atoms. The van der Waals surface area contributed by atoms with Gasteiger partial charge in [0, 0.05) is 57.2 Å². The second-order valence-corrected chi connectivity index (χ2v) is 8.15. The summed E-state index contributed by atoms with van der Waals surface area (Å²) >= 11 is 4.84. The van der Waals surface area contributed by atoms with Crippen LogP contribution in [0, 0.1) is 32.2 Å². The van der Waals surface area contributed by atoms with Crippen molar-refractivity contribution in [1.29, 1.82) is 0 Å². The fourth-order valence-electron chi connectivity index (χ4n) is 2.37. The Kier molecular flexibility index (Phi) is 11.9. The second-order valence-electron chi connectivity index (χ2n) is 7.71. The quantitative estimate of drug-likeness (QED) is 0.314. The van der Waals surface area contributed by atoms with E-state index in [1.165, 1.54) is 17.7 Å². The van der Waals surface area contributed by atoms with Crippen LogP contribution in [0.1, 0.15) is 22.5 Å². The molecule has 35 heavy (non-hydrogen) atoms. The van der Waals surface area contributed by atoms with Gasteiger partial charge in [0.05, 0.1) is 15.9 Å². The minimum atomic E-state index is -0.324. The Labute approximate surface area is 209 Å². The van der Waals surface area contributed by atoms with E-state index in [1.807, 2.05) is 56.9 Å². The van der Waals surface area contributed by atoms with Gasteiger partial charge < -0.3 is 24.3 Å². The summed E-state index contributed by atoms with van der Waals surface area (Å²) < 4.78 is 4.03. The molecule has 0 fully saturated rings. The molecule has 0 aliphatic carbocycles. The zero-order valence-corrected chi connectivity index (χ0v) is 21.6. The van der Waals surface area contributed by atoms with E-state index >= 15 is 0 Å². The van der Waals surface area contributed by atoms with Crippen molar-refractivity contribution in [3.05, 3.63) is 115 Å². The van der Waals surface area contributed by atoms with Gasteiger partial charge in [0.1, 0.15) is 0 Å². The van der Waals surface area contributed by atoms with Crippen molar-refractivity contribution in [2.75, 3.05) is 0 Å². The third kappa shape index (κ3) is 10.2. The highest BCUT2D eigenvalue weighted by atomic mass is 32.1. The van der Waals surface area contributed by atoms with Crippen molar-refractivity contribution in [2.24, 2.45) is 14.1 Å². The van der Waals surface area contributed by atoms with Crippen molar-refractivity contribution in [2.45, 2.75) is 27.7 Å². The standard InChI is InChI=1S/C7H9NO2.C7H9NOS.C6H7NO.C6H7N/c1-5-7(10)6(9)3-4-8(5)2;1-5-7(9)6(10)3-4-8(5)2;1-5-2-3-6(8)7-4-5;1-6-3-2-4-7-5-6/h3-4,10H,1-2H3;3-4,9H,1-2H3;2-4H,1H3,(H,7,8);2-5H,1H3. The van der Waals surface area contributed by atoms with Crippen LogP contribution in [0.2, 0.25) is 0 Å². The zero-order chi connectivity index (χ0) is 26.5. The third-order valence-electron chi connectivity index (χ3n) is 4.86. The van der Waals surface area contributed by atoms with E-state index in [0.29, 0.717) is 10.2 Å². The van der Waals surface area contributed by atoms with Gasteiger partial charge in [0.2, 0.25) is 11.0 Å². The van der Waals surface area contributed by atoms with Crippen LogP contribution in [0.5, 0.6) is 11.5 Å². The molecule has 4 aromatic heterocycles. The molecule has 4 heterocycles. The number of nitrogens with zero attached hydrogens (tertiary/aromatic N) is 3. The topological polar surface area (TPSA) is 113 Å². The number of hydrogen-bond acceptors (Lipinski definition) is 6. The van der Waals surface area contributed by atoms with Gasteiger partial charge in [-0.15, -0.1) is 0 Å². The number of H-pyrrole nitrogens is 1. The minimum absolute atomic E-state index is 0.0457. The van der Waals surface area contributed by atoms with E-state index in [4.69, 9.17) is 17.3 Å². The summed E-state index contributed by atoms with van der Waals surface area (Å²) in [7, 11) is 3.64. The van der Waals surface area contributed by atoms with Crippen molar-refractivity contribution < 1.29 is 10.2 Å². The molecular formula is C26H32N4O4S. The summed E-state index contributed by atoms with van der Waals surface area (Å²) in [6.07, 6.45) is 8.74. The molecule has 0 aliphatic heterocycles. The van der Waals surface area contributed by atoms with E-state index in [2.05, 4.69) is 9.97 Å². The largest absolute Gasteiger partial charge is 0.505 e. The first-order chi connectivity index (χ1) is 16.4. The lowest BCUT2D eigenvalue weighted by Crippen LogP contribution is -2.06. The number of pyridine rings is 4. The molecule has 0 saturated heterocycles. The first-order valence-corrected chi connectivity index (χ1v) is 11.1. The molecule has 0 radical (unpaired) electrons. The summed E-state index contributed by atoms with van der Waals surface area (Å²) in [4.78, 5) is 27.5. The Hall–Kier alpha value is -3.98. The third-order valence-corrected chi connectivity index (χ3v) is 5.19. The Morgan fingerprint density at radius 1 is 0.829 bits per heavy atom. The number of aromatic amines is 1. The van der Waals surface area contributed by atoms with Crippen molar-refractivity contribution >= 4 is 12.2 Å². The average Bonchev–Trinajstić information content (AvgIpc) is 2.85. The van der Waals surface area contributed by atoms with Crippen LogP contribution >= 0.6 is 12.2 Å². The van der Waals surface area contributed by atoms with E-state index in [9.17, 15) is 14.7 Å². The lowest BCUT2D eigenvalue weighted by Gasteiger charge is -2.04. The maximum Gasteiger partial charge on any atom is 0.247 e. The number of rotatable bonds is 0. The van der Waals surface area contributed by atoms with Gasteiger partial charge in [-0.2, -0.15) is 0 Å². The van der Waals surface area contributed by atoms with Crippen LogP contribution < -0.4 is 11.0 Å². The number of aromatic hydroxyl groups is 2. The molecule has 0 aliphatic rings. The molecule has 0 unspecified atom stereocenters. The van der Waals surface area contributed by atoms with Gasteiger partial charge in [-0.3, -0.25) is 14.6 Å². The van der Waals surface area contributed by atoms with Gasteiger partial charge in [0.15, 0.2) is 11.5 Å². The smallest absolute Gasteiger partial charge is 0.247 e. The minimum Gasteiger partial charge on any atom is -0.505 e. The van der Waals surface area contributed by atoms with Crippen LogP contribution in [0.4, 0.5) is 0 Å². The molecule has 4 aromatic rings. The highest BCUT2D eigenvalue weighted by molar-refractivity contribution is 7.71. The Balaban J connectivity index is 0.000000236. The predicted octanol–water partition coefficient (Wildman–Crippen LogP) is 4.24. The fourth-order valence-corrected chi connectivity index (χ4v) is 2.58. The van der Waals surface area contributed by atoms with Crippen LogP contribution in [-0.2, 0) is 14.1 Å². The monoisotopic (exact) mass is 496 g/mol. The summed E-state index contributed by atoms with van der Waals surface area (Å²) in [5.41, 5.74) is 3.30. The van der Waals surface area contributed by atoms with E-state index in [1.54, 1.807) is 49.3 Å². The van der Waals surface area contributed by atoms with Gasteiger partial charge in [-0.05, 0) is 51.0 Å². The number of aromatic nitrogens is 4. The van der Waals surface area contributed by atoms with Gasteiger partial charge in [-0.1, -0.05) is 24.4 Å². The first-order valence-electron chi connectivity index (χ1n) is 10.7. The molecule has 8 nitrogen and oxygen atoms in total. The molecule has 0 spiro atoms. The SMILES string of the molecule is Cc1c(O)c(=O)ccn1C.Cc1c(O)c(=S)ccn1C.Cc1ccc(=O)[nH]c1.Cc1cccnc1. The molecule has 0 amide bonds. The average molecular weight is 497 g/mol. The van der Waals surface area contributed by atoms with Gasteiger partial charge in [0.25, 0.3) is 0 Å². The van der Waals surface area contributed by atoms with Crippen LogP contribution in [0.15, 0.2) is 77.0 Å². The first kappa shape index (κ1) is 29.1. The highest BCUT2D eigenvalue weighted by Gasteiger charge is 2.00. The zero-order valence-electron chi connectivity index (χ0n) is 20.8. The Morgan fingerprint density at radius 2 is 1.43 bits per heavy atom. The summed E-state index contributed by atoms with van der Waals surface area (Å²) in [6, 6.07) is 10.3. The molecule has 0 atom stereocenters. The molecule has 3 N–H and O–H groups in total. The van der Waals surface area contributed by atoms with Crippen LogP contribution in [-0.4, -0.2) is 29.3 Å². The summed E-state index contributed by atoms with van der Waals surface area (Å²) in [5, 5.41) is 18.3. The molecule has 9 heteroatoms. The molecule has 0 aromatic carbocycles. The van der Waals surface area contributed by atoms with E-state index < -0.39 is 0 Å². The van der Waals surface area contributed by atoms with Crippen LogP contribution in [0.25, 0.3) is 0 Å². The molecule has 186 valence electrons. The molecule has 0 saturated carbocycles. The summed E-state index contributed by atoms with van der Waals surface area (Å²) in [5.74, 6) is 0.0463. The number of nitrogens with one attached hydrogen (secondary N) is 1. The predicted molar refractivity (Wildman–Crippen MR) is 142 cm³/mol.